The molecule has 2 rings (SSSR count). The first kappa shape index (κ1) is 14.8. The summed E-state index contributed by atoms with van der Waals surface area (Å²) in [6.45, 7) is 2.52. The molecule has 0 saturated heterocycles. The largest absolute Gasteiger partial charge is 0.462 e. The summed E-state index contributed by atoms with van der Waals surface area (Å²) in [7, 11) is 0. The molecule has 0 amide bonds. The third kappa shape index (κ3) is 4.49. The molecule has 0 unspecified atom stereocenters. The first-order valence-electron chi connectivity index (χ1n) is 6.95. The van der Waals surface area contributed by atoms with Crippen molar-refractivity contribution in [2.45, 2.75) is 19.8 Å². The topological polar surface area (TPSA) is 77.2 Å². The number of nitrogens with two attached hydrogens (primary N) is 1. The maximum absolute atomic E-state index is 11.8. The van der Waals surface area contributed by atoms with Crippen LogP contribution in [0.25, 0.3) is 0 Å². The quantitative estimate of drug-likeness (QED) is 0.628. The maximum Gasteiger partial charge on any atom is 0.338 e. The number of aromatic nitrogens is 1. The second-order valence-electron chi connectivity index (χ2n) is 4.67. The lowest BCUT2D eigenvalue weighted by molar-refractivity contribution is 0.0500. The monoisotopic (exact) mass is 285 g/mol. The summed E-state index contributed by atoms with van der Waals surface area (Å²) in [5, 5.41) is 3.13. The number of esters is 1. The molecule has 3 N–H and O–H groups in total. The van der Waals surface area contributed by atoms with Crippen molar-refractivity contribution in [3.05, 3.63) is 48.2 Å². The molecule has 0 fully saturated rings. The molecule has 1 aromatic carbocycles. The van der Waals surface area contributed by atoms with Gasteiger partial charge < -0.3 is 15.8 Å². The van der Waals surface area contributed by atoms with Crippen LogP contribution in [0.2, 0.25) is 0 Å². The van der Waals surface area contributed by atoms with Crippen molar-refractivity contribution < 1.29 is 9.53 Å². The highest BCUT2D eigenvalue weighted by molar-refractivity contribution is 5.89. The fraction of sp³-hybridized carbons (Fsp3) is 0.250. The van der Waals surface area contributed by atoms with Crippen molar-refractivity contribution in [1.29, 1.82) is 0 Å². The molecule has 0 atom stereocenters. The van der Waals surface area contributed by atoms with Gasteiger partial charge in [0, 0.05) is 5.69 Å². The van der Waals surface area contributed by atoms with Crippen LogP contribution in [-0.2, 0) is 4.74 Å². The molecule has 1 aromatic heterocycles. The number of nitrogen functional groups attached to an aromatic ring is 1. The molecule has 2 aromatic rings. The van der Waals surface area contributed by atoms with E-state index in [1.54, 1.807) is 30.5 Å². The van der Waals surface area contributed by atoms with Gasteiger partial charge in [0.1, 0.15) is 5.82 Å². The number of ether oxygens (including phenoxy) is 1. The normalized spacial score (nSPS) is 10.1. The Morgan fingerprint density at radius 3 is 2.62 bits per heavy atom. The fourth-order valence-electron chi connectivity index (χ4n) is 1.71. The van der Waals surface area contributed by atoms with E-state index in [9.17, 15) is 4.79 Å². The van der Waals surface area contributed by atoms with Crippen molar-refractivity contribution in [1.82, 2.24) is 4.98 Å². The summed E-state index contributed by atoms with van der Waals surface area (Å²) in [5.41, 5.74) is 7.59. The summed E-state index contributed by atoms with van der Waals surface area (Å²) < 4.78 is 5.15. The highest BCUT2D eigenvalue weighted by Crippen LogP contribution is 2.16. The molecule has 0 saturated carbocycles. The Morgan fingerprint density at radius 2 is 2.00 bits per heavy atom. The highest BCUT2D eigenvalue weighted by Gasteiger charge is 2.06. The van der Waals surface area contributed by atoms with Crippen molar-refractivity contribution >= 4 is 23.2 Å². The molecule has 0 bridgehead atoms. The van der Waals surface area contributed by atoms with E-state index in [-0.39, 0.29) is 5.97 Å². The van der Waals surface area contributed by atoms with Crippen molar-refractivity contribution in [2.24, 2.45) is 0 Å². The third-order valence-electron chi connectivity index (χ3n) is 2.91. The zero-order valence-corrected chi connectivity index (χ0v) is 12.0. The summed E-state index contributed by atoms with van der Waals surface area (Å²) in [5.74, 6) is 0.406. The number of hydrogen-bond donors (Lipinski definition) is 2. The minimum atomic E-state index is -0.291. The number of anilines is 3. The zero-order valence-electron chi connectivity index (χ0n) is 12.0. The van der Waals surface area contributed by atoms with E-state index in [1.165, 1.54) is 0 Å². The number of unbranched alkanes of at least 4 members (excludes halogenated alkanes) is 1. The van der Waals surface area contributed by atoms with Crippen LogP contribution in [0, 0.1) is 0 Å². The van der Waals surface area contributed by atoms with E-state index in [0.29, 0.717) is 23.7 Å². The van der Waals surface area contributed by atoms with Crippen LogP contribution >= 0.6 is 0 Å². The molecule has 0 aliphatic heterocycles. The Hall–Kier alpha value is -2.56. The predicted molar refractivity (Wildman–Crippen MR) is 83.6 cm³/mol. The Labute approximate surface area is 124 Å². The number of pyridine rings is 1. The molecule has 5 heteroatoms. The van der Waals surface area contributed by atoms with E-state index in [2.05, 4.69) is 17.2 Å². The highest BCUT2D eigenvalue weighted by atomic mass is 16.5. The van der Waals surface area contributed by atoms with E-state index in [4.69, 9.17) is 10.5 Å². The van der Waals surface area contributed by atoms with Crippen molar-refractivity contribution in [2.75, 3.05) is 17.7 Å². The first-order chi connectivity index (χ1) is 10.2. The Morgan fingerprint density at radius 1 is 1.24 bits per heavy atom. The molecule has 0 radical (unpaired) electrons. The van der Waals surface area contributed by atoms with Crippen molar-refractivity contribution in [3.8, 4) is 0 Å². The van der Waals surface area contributed by atoms with Gasteiger partial charge in [-0.15, -0.1) is 0 Å². The number of rotatable bonds is 6. The van der Waals surface area contributed by atoms with Gasteiger partial charge in [0.05, 0.1) is 24.1 Å². The van der Waals surface area contributed by atoms with Crippen LogP contribution in [-0.4, -0.2) is 17.6 Å². The lowest BCUT2D eigenvalue weighted by atomic mass is 10.2. The molecule has 21 heavy (non-hydrogen) atoms. The number of nitrogens with zero attached hydrogens (tertiary/aromatic N) is 1. The molecule has 5 nitrogen and oxygen atoms in total. The summed E-state index contributed by atoms with van der Waals surface area (Å²) >= 11 is 0. The van der Waals surface area contributed by atoms with E-state index >= 15 is 0 Å². The minimum Gasteiger partial charge on any atom is -0.462 e. The number of hydrogen-bond acceptors (Lipinski definition) is 5. The van der Waals surface area contributed by atoms with E-state index in [0.717, 1.165) is 18.5 Å². The van der Waals surface area contributed by atoms with E-state index < -0.39 is 0 Å². The minimum absolute atomic E-state index is 0.291. The summed E-state index contributed by atoms with van der Waals surface area (Å²) in [4.78, 5) is 15.9. The number of nitrogens with one attached hydrogen (secondary N) is 1. The van der Waals surface area contributed by atoms with Crippen molar-refractivity contribution in [3.63, 3.8) is 0 Å². The van der Waals surface area contributed by atoms with Gasteiger partial charge in [-0.25, -0.2) is 9.78 Å². The van der Waals surface area contributed by atoms with Gasteiger partial charge >= 0.3 is 5.97 Å². The van der Waals surface area contributed by atoms with Crippen LogP contribution in [0.4, 0.5) is 17.2 Å². The Kier molecular flexibility index (Phi) is 5.15. The average Bonchev–Trinajstić information content (AvgIpc) is 2.50. The molecule has 0 aliphatic rings. The zero-order chi connectivity index (χ0) is 15.1. The fourth-order valence-corrected chi connectivity index (χ4v) is 1.71. The standard InChI is InChI=1S/C16H19N3O2/c1-2-3-10-21-16(20)12-4-7-14(8-5-12)19-15-9-6-13(17)11-18-15/h4-9,11H,2-3,10,17H2,1H3,(H,18,19). The van der Waals surface area contributed by atoms with E-state index in [1.807, 2.05) is 12.1 Å². The molecule has 1 heterocycles. The lowest BCUT2D eigenvalue weighted by Gasteiger charge is -2.07. The van der Waals surface area contributed by atoms with Gasteiger partial charge in [-0.2, -0.15) is 0 Å². The van der Waals surface area contributed by atoms with Gasteiger partial charge in [-0.05, 0) is 42.8 Å². The van der Waals surface area contributed by atoms with Gasteiger partial charge in [-0.1, -0.05) is 13.3 Å². The number of carbonyl (C=O) groups excluding carboxylic acids is 1. The van der Waals surface area contributed by atoms with Gasteiger partial charge in [0.25, 0.3) is 0 Å². The second kappa shape index (κ2) is 7.28. The van der Waals surface area contributed by atoms with Crippen LogP contribution in [0.1, 0.15) is 30.1 Å². The summed E-state index contributed by atoms with van der Waals surface area (Å²) in [6, 6.07) is 10.7. The second-order valence-corrected chi connectivity index (χ2v) is 4.67. The SMILES string of the molecule is CCCCOC(=O)c1ccc(Nc2ccc(N)cn2)cc1. The Bertz CT molecular complexity index is 579. The third-order valence-corrected chi connectivity index (χ3v) is 2.91. The summed E-state index contributed by atoms with van der Waals surface area (Å²) in [6.07, 6.45) is 3.47. The number of benzene rings is 1. The van der Waals surface area contributed by atoms with Gasteiger partial charge in [-0.3, -0.25) is 0 Å². The smallest absolute Gasteiger partial charge is 0.338 e. The van der Waals surface area contributed by atoms with Gasteiger partial charge in [0.2, 0.25) is 0 Å². The lowest BCUT2D eigenvalue weighted by Crippen LogP contribution is -2.06. The average molecular weight is 285 g/mol. The molecular formula is C16H19N3O2. The van der Waals surface area contributed by atoms with Crippen LogP contribution < -0.4 is 11.1 Å². The van der Waals surface area contributed by atoms with Gasteiger partial charge in [0.15, 0.2) is 0 Å². The Balaban J connectivity index is 1.95. The predicted octanol–water partition coefficient (Wildman–Crippen LogP) is 3.36. The molecule has 110 valence electrons. The molecule has 0 aliphatic carbocycles. The van der Waals surface area contributed by atoms with Crippen LogP contribution in [0.15, 0.2) is 42.6 Å². The van der Waals surface area contributed by atoms with Crippen LogP contribution in [0.5, 0.6) is 0 Å². The maximum atomic E-state index is 11.8. The first-order valence-corrected chi connectivity index (χ1v) is 6.95. The molecule has 0 spiro atoms. The van der Waals surface area contributed by atoms with Crippen LogP contribution in [0.3, 0.4) is 0 Å². The molecular weight excluding hydrogens is 266 g/mol. The number of carbonyl (C=O) groups is 1.